The topological polar surface area (TPSA) is 64.0 Å². The average molecular weight is 294 g/mol. The summed E-state index contributed by atoms with van der Waals surface area (Å²) in [6.07, 6.45) is 2.79. The van der Waals surface area contributed by atoms with Crippen LogP contribution in [-0.4, -0.2) is 36.2 Å². The Hall–Kier alpha value is -0.590. The molecule has 18 heavy (non-hydrogen) atoms. The molecule has 104 valence electrons. The highest BCUT2D eigenvalue weighted by Gasteiger charge is 2.30. The summed E-state index contributed by atoms with van der Waals surface area (Å²) in [5.41, 5.74) is 0.735. The first-order valence-corrected chi connectivity index (χ1v) is 8.29. The van der Waals surface area contributed by atoms with Crippen LogP contribution >= 0.6 is 11.6 Å². The molecule has 0 fully saturated rings. The number of rotatable bonds is 6. The van der Waals surface area contributed by atoms with Crippen LogP contribution in [0.5, 0.6) is 0 Å². The quantitative estimate of drug-likeness (QED) is 0.866. The van der Waals surface area contributed by atoms with E-state index in [9.17, 15) is 8.42 Å². The molecule has 0 aliphatic rings. The molecule has 0 aliphatic heterocycles. The molecular formula is C11H20ClN3O2S. The second-order valence-electron chi connectivity index (χ2n) is 4.26. The van der Waals surface area contributed by atoms with Gasteiger partial charge in [0.25, 0.3) is 0 Å². The molecule has 0 aromatic carbocycles. The lowest BCUT2D eigenvalue weighted by Crippen LogP contribution is -2.36. The normalized spacial score (nSPS) is 15.6. The van der Waals surface area contributed by atoms with E-state index in [4.69, 9.17) is 11.6 Å². The standard InChI is InChI=1S/C11H20ClN3O2S/c1-5-13-10(8(3)18(4,16)17)11-9(12)7-14-15(11)6-2/h7-8,10,13H,5-6H2,1-4H3. The molecule has 1 N–H and O–H groups in total. The first-order valence-electron chi connectivity index (χ1n) is 5.96. The van der Waals surface area contributed by atoms with Crippen molar-refractivity contribution in [2.75, 3.05) is 12.8 Å². The zero-order chi connectivity index (χ0) is 13.9. The molecule has 1 aromatic rings. The van der Waals surface area contributed by atoms with Crippen molar-refractivity contribution in [2.24, 2.45) is 0 Å². The monoisotopic (exact) mass is 293 g/mol. The van der Waals surface area contributed by atoms with Gasteiger partial charge in [-0.05, 0) is 20.4 Å². The van der Waals surface area contributed by atoms with E-state index in [1.54, 1.807) is 17.8 Å². The minimum atomic E-state index is -3.15. The van der Waals surface area contributed by atoms with Crippen LogP contribution in [0.4, 0.5) is 0 Å². The number of aromatic nitrogens is 2. The lowest BCUT2D eigenvalue weighted by Gasteiger charge is -2.24. The van der Waals surface area contributed by atoms with Gasteiger partial charge in [0.2, 0.25) is 0 Å². The van der Waals surface area contributed by atoms with Gasteiger partial charge in [-0.1, -0.05) is 18.5 Å². The first-order chi connectivity index (χ1) is 8.32. The third kappa shape index (κ3) is 3.24. The van der Waals surface area contributed by atoms with Crippen LogP contribution in [0.3, 0.4) is 0 Å². The molecule has 0 bridgehead atoms. The van der Waals surface area contributed by atoms with Gasteiger partial charge in [0.15, 0.2) is 9.84 Å². The Bertz CT molecular complexity index is 498. The number of sulfone groups is 1. The van der Waals surface area contributed by atoms with Gasteiger partial charge in [-0.2, -0.15) is 5.10 Å². The highest BCUT2D eigenvalue weighted by molar-refractivity contribution is 7.91. The Labute approximate surface area is 113 Å². The lowest BCUT2D eigenvalue weighted by atomic mass is 10.1. The Morgan fingerprint density at radius 1 is 1.50 bits per heavy atom. The van der Waals surface area contributed by atoms with E-state index < -0.39 is 15.1 Å². The summed E-state index contributed by atoms with van der Waals surface area (Å²) >= 11 is 6.13. The number of nitrogens with zero attached hydrogens (tertiary/aromatic N) is 2. The fourth-order valence-electron chi connectivity index (χ4n) is 1.89. The van der Waals surface area contributed by atoms with E-state index in [1.807, 2.05) is 13.8 Å². The molecule has 0 aliphatic carbocycles. The van der Waals surface area contributed by atoms with Crippen molar-refractivity contribution < 1.29 is 8.42 Å². The van der Waals surface area contributed by atoms with E-state index in [2.05, 4.69) is 10.4 Å². The summed E-state index contributed by atoms with van der Waals surface area (Å²) in [6.45, 7) is 6.88. The Morgan fingerprint density at radius 3 is 2.56 bits per heavy atom. The highest BCUT2D eigenvalue weighted by atomic mass is 35.5. The maximum absolute atomic E-state index is 11.7. The molecule has 0 radical (unpaired) electrons. The zero-order valence-corrected chi connectivity index (χ0v) is 12.7. The van der Waals surface area contributed by atoms with Gasteiger partial charge in [-0.25, -0.2) is 8.42 Å². The molecule has 0 spiro atoms. The maximum atomic E-state index is 11.7. The molecule has 0 saturated heterocycles. The number of hydrogen-bond acceptors (Lipinski definition) is 4. The van der Waals surface area contributed by atoms with Gasteiger partial charge in [-0.3, -0.25) is 4.68 Å². The summed E-state index contributed by atoms with van der Waals surface area (Å²) in [5, 5.41) is 7.27. The smallest absolute Gasteiger partial charge is 0.151 e. The van der Waals surface area contributed by atoms with E-state index >= 15 is 0 Å². The molecule has 5 nitrogen and oxygen atoms in total. The largest absolute Gasteiger partial charge is 0.308 e. The Morgan fingerprint density at radius 2 is 2.11 bits per heavy atom. The van der Waals surface area contributed by atoms with Crippen LogP contribution in [0.2, 0.25) is 5.02 Å². The fraction of sp³-hybridized carbons (Fsp3) is 0.727. The number of hydrogen-bond donors (Lipinski definition) is 1. The van der Waals surface area contributed by atoms with Crippen LogP contribution in [0, 0.1) is 0 Å². The van der Waals surface area contributed by atoms with E-state index in [1.165, 1.54) is 6.26 Å². The third-order valence-electron chi connectivity index (χ3n) is 3.00. The third-order valence-corrected chi connectivity index (χ3v) is 4.91. The minimum Gasteiger partial charge on any atom is -0.308 e. The summed E-state index contributed by atoms with van der Waals surface area (Å²) in [6, 6.07) is -0.347. The second-order valence-corrected chi connectivity index (χ2v) is 7.07. The van der Waals surface area contributed by atoms with Crippen LogP contribution in [0.25, 0.3) is 0 Å². The van der Waals surface area contributed by atoms with Crippen molar-refractivity contribution in [1.82, 2.24) is 15.1 Å². The molecule has 0 saturated carbocycles. The second kappa shape index (κ2) is 6.04. The van der Waals surface area contributed by atoms with Crippen LogP contribution in [0.1, 0.15) is 32.5 Å². The summed E-state index contributed by atoms with van der Waals surface area (Å²) in [5.74, 6) is 0. The molecule has 2 atom stereocenters. The van der Waals surface area contributed by atoms with Crippen LogP contribution < -0.4 is 5.32 Å². The molecule has 7 heteroatoms. The Kier molecular flexibility index (Phi) is 5.19. The predicted octanol–water partition coefficient (Wildman–Crippen LogP) is 1.64. The molecule has 1 aromatic heterocycles. The van der Waals surface area contributed by atoms with Crippen LogP contribution in [-0.2, 0) is 16.4 Å². The minimum absolute atomic E-state index is 0.347. The van der Waals surface area contributed by atoms with Crippen molar-refractivity contribution in [3.8, 4) is 0 Å². The summed E-state index contributed by atoms with van der Waals surface area (Å²) in [7, 11) is -3.15. The molecule has 0 amide bonds. The average Bonchev–Trinajstić information content (AvgIpc) is 2.65. The van der Waals surface area contributed by atoms with Gasteiger partial charge in [-0.15, -0.1) is 0 Å². The maximum Gasteiger partial charge on any atom is 0.151 e. The van der Waals surface area contributed by atoms with E-state index in [0.29, 0.717) is 18.1 Å². The van der Waals surface area contributed by atoms with E-state index in [-0.39, 0.29) is 6.04 Å². The SMILES string of the molecule is CCNC(c1c(Cl)cnn1CC)C(C)S(C)(=O)=O. The van der Waals surface area contributed by atoms with Gasteiger partial charge in [0.05, 0.1) is 28.2 Å². The van der Waals surface area contributed by atoms with E-state index in [0.717, 1.165) is 5.69 Å². The Balaban J connectivity index is 3.23. The van der Waals surface area contributed by atoms with Gasteiger partial charge >= 0.3 is 0 Å². The summed E-state index contributed by atoms with van der Waals surface area (Å²) in [4.78, 5) is 0. The fourth-order valence-corrected chi connectivity index (χ4v) is 2.86. The lowest BCUT2D eigenvalue weighted by molar-refractivity contribution is 0.472. The highest BCUT2D eigenvalue weighted by Crippen LogP contribution is 2.28. The van der Waals surface area contributed by atoms with Crippen LogP contribution in [0.15, 0.2) is 6.20 Å². The first kappa shape index (κ1) is 15.5. The van der Waals surface area contributed by atoms with Gasteiger partial charge in [0.1, 0.15) is 0 Å². The van der Waals surface area contributed by atoms with Gasteiger partial charge in [0, 0.05) is 12.8 Å². The number of halogens is 1. The molecular weight excluding hydrogens is 274 g/mol. The van der Waals surface area contributed by atoms with Crippen molar-refractivity contribution in [1.29, 1.82) is 0 Å². The summed E-state index contributed by atoms with van der Waals surface area (Å²) < 4.78 is 25.2. The van der Waals surface area contributed by atoms with Crippen molar-refractivity contribution >= 4 is 21.4 Å². The van der Waals surface area contributed by atoms with Crippen molar-refractivity contribution in [3.63, 3.8) is 0 Å². The van der Waals surface area contributed by atoms with Crippen molar-refractivity contribution in [3.05, 3.63) is 16.9 Å². The molecule has 1 rings (SSSR count). The predicted molar refractivity (Wildman–Crippen MR) is 73.6 cm³/mol. The van der Waals surface area contributed by atoms with Crippen molar-refractivity contribution in [2.45, 2.75) is 38.6 Å². The zero-order valence-electron chi connectivity index (χ0n) is 11.1. The van der Waals surface area contributed by atoms with Gasteiger partial charge < -0.3 is 5.32 Å². The number of aryl methyl sites for hydroxylation is 1. The number of nitrogens with one attached hydrogen (secondary N) is 1. The molecule has 2 unspecified atom stereocenters. The molecule has 1 heterocycles.